The van der Waals surface area contributed by atoms with Crippen LogP contribution in [0.5, 0.6) is 0 Å². The van der Waals surface area contributed by atoms with Crippen LogP contribution in [0.2, 0.25) is 5.02 Å². The highest BCUT2D eigenvalue weighted by Crippen LogP contribution is 2.28. The molecule has 4 aromatic rings. The van der Waals surface area contributed by atoms with Gasteiger partial charge in [-0.25, -0.2) is 9.50 Å². The molecule has 5 heteroatoms. The Hall–Kier alpha value is -2.17. The summed E-state index contributed by atoms with van der Waals surface area (Å²) in [6.07, 6.45) is 1.95. The van der Waals surface area contributed by atoms with E-state index in [1.165, 1.54) is 5.56 Å². The second-order valence-electron chi connectivity index (χ2n) is 5.13. The van der Waals surface area contributed by atoms with E-state index < -0.39 is 0 Å². The standard InChI is InChI=1S/C17H12ClN3S/c1-11-2-4-13(5-3-11)16-20-21-10-15(19-17(21)22-16)12-6-8-14(18)9-7-12/h2-10H,1H3. The fraction of sp³-hybridized carbons (Fsp3) is 0.0588. The van der Waals surface area contributed by atoms with Crippen LogP contribution in [0.15, 0.2) is 54.7 Å². The first kappa shape index (κ1) is 13.5. The lowest BCUT2D eigenvalue weighted by Gasteiger charge is -1.96. The largest absolute Gasteiger partial charge is 0.217 e. The van der Waals surface area contributed by atoms with Crippen molar-refractivity contribution in [2.24, 2.45) is 0 Å². The summed E-state index contributed by atoms with van der Waals surface area (Å²) in [5.74, 6) is 0. The van der Waals surface area contributed by atoms with Gasteiger partial charge in [0.15, 0.2) is 0 Å². The molecule has 0 unspecified atom stereocenters. The fourth-order valence-electron chi connectivity index (χ4n) is 2.27. The highest BCUT2D eigenvalue weighted by atomic mass is 35.5. The van der Waals surface area contributed by atoms with E-state index in [-0.39, 0.29) is 0 Å². The molecule has 0 N–H and O–H groups in total. The van der Waals surface area contributed by atoms with Gasteiger partial charge < -0.3 is 0 Å². The number of halogens is 1. The molecular weight excluding hydrogens is 314 g/mol. The molecule has 0 saturated carbocycles. The molecule has 0 aliphatic heterocycles. The van der Waals surface area contributed by atoms with Gasteiger partial charge in [-0.15, -0.1) is 0 Å². The van der Waals surface area contributed by atoms with Crippen LogP contribution >= 0.6 is 22.9 Å². The predicted molar refractivity (Wildman–Crippen MR) is 91.5 cm³/mol. The van der Waals surface area contributed by atoms with Crippen LogP contribution in [0.3, 0.4) is 0 Å². The number of nitrogens with zero attached hydrogens (tertiary/aromatic N) is 3. The number of benzene rings is 2. The van der Waals surface area contributed by atoms with Crippen LogP contribution in [-0.2, 0) is 0 Å². The molecule has 0 radical (unpaired) electrons. The van der Waals surface area contributed by atoms with E-state index in [1.807, 2.05) is 35.0 Å². The van der Waals surface area contributed by atoms with Gasteiger partial charge in [-0.2, -0.15) is 5.10 Å². The van der Waals surface area contributed by atoms with Crippen molar-refractivity contribution >= 4 is 27.9 Å². The molecular formula is C17H12ClN3S. The van der Waals surface area contributed by atoms with Crippen LogP contribution in [0.4, 0.5) is 0 Å². The van der Waals surface area contributed by atoms with E-state index in [9.17, 15) is 0 Å². The molecule has 0 spiro atoms. The monoisotopic (exact) mass is 325 g/mol. The quantitative estimate of drug-likeness (QED) is 0.514. The van der Waals surface area contributed by atoms with Gasteiger partial charge in [-0.05, 0) is 19.1 Å². The van der Waals surface area contributed by atoms with Crippen molar-refractivity contribution in [2.75, 3.05) is 0 Å². The molecule has 2 heterocycles. The molecule has 0 aliphatic carbocycles. The number of fused-ring (bicyclic) bond motifs is 1. The third-order valence-corrected chi connectivity index (χ3v) is 4.71. The first-order valence-corrected chi connectivity index (χ1v) is 8.08. The molecule has 0 saturated heterocycles. The lowest BCUT2D eigenvalue weighted by atomic mass is 10.2. The van der Waals surface area contributed by atoms with Crippen molar-refractivity contribution in [1.82, 2.24) is 14.6 Å². The van der Waals surface area contributed by atoms with E-state index in [0.717, 1.165) is 31.8 Å². The average molecular weight is 326 g/mol. The Morgan fingerprint density at radius 1 is 0.955 bits per heavy atom. The molecule has 2 aromatic heterocycles. The zero-order valence-corrected chi connectivity index (χ0v) is 13.4. The minimum atomic E-state index is 0.726. The molecule has 0 fully saturated rings. The first-order chi connectivity index (χ1) is 10.7. The second kappa shape index (κ2) is 5.23. The lowest BCUT2D eigenvalue weighted by molar-refractivity contribution is 0.978. The minimum Gasteiger partial charge on any atom is -0.217 e. The van der Waals surface area contributed by atoms with Crippen molar-refractivity contribution in [3.8, 4) is 21.8 Å². The maximum atomic E-state index is 5.92. The van der Waals surface area contributed by atoms with Crippen molar-refractivity contribution in [3.05, 3.63) is 65.3 Å². The van der Waals surface area contributed by atoms with Crippen molar-refractivity contribution in [3.63, 3.8) is 0 Å². The normalized spacial score (nSPS) is 11.2. The summed E-state index contributed by atoms with van der Waals surface area (Å²) in [6, 6.07) is 16.1. The lowest BCUT2D eigenvalue weighted by Crippen LogP contribution is -1.83. The average Bonchev–Trinajstić information content (AvgIpc) is 3.07. The van der Waals surface area contributed by atoms with Gasteiger partial charge in [0, 0.05) is 16.1 Å². The Bertz CT molecular complexity index is 830. The van der Waals surface area contributed by atoms with Gasteiger partial charge in [0.25, 0.3) is 0 Å². The maximum absolute atomic E-state index is 5.92. The van der Waals surface area contributed by atoms with E-state index in [4.69, 9.17) is 11.6 Å². The summed E-state index contributed by atoms with van der Waals surface area (Å²) in [4.78, 5) is 5.54. The summed E-state index contributed by atoms with van der Waals surface area (Å²) in [5.41, 5.74) is 4.31. The van der Waals surface area contributed by atoms with Gasteiger partial charge >= 0.3 is 0 Å². The Morgan fingerprint density at radius 3 is 2.32 bits per heavy atom. The summed E-state index contributed by atoms with van der Waals surface area (Å²) in [6.45, 7) is 2.08. The van der Waals surface area contributed by atoms with Crippen LogP contribution in [0.25, 0.3) is 26.8 Å². The molecule has 0 bridgehead atoms. The van der Waals surface area contributed by atoms with Gasteiger partial charge in [0.2, 0.25) is 4.96 Å². The van der Waals surface area contributed by atoms with Gasteiger partial charge in [0.1, 0.15) is 5.01 Å². The smallest absolute Gasteiger partial charge is 0.213 e. The SMILES string of the molecule is Cc1ccc(-c2nn3cc(-c4ccc(Cl)cc4)nc3s2)cc1. The molecule has 0 atom stereocenters. The zero-order valence-electron chi connectivity index (χ0n) is 11.8. The van der Waals surface area contributed by atoms with Gasteiger partial charge in [0.05, 0.1) is 11.9 Å². The Balaban J connectivity index is 1.73. The van der Waals surface area contributed by atoms with Crippen LogP contribution in [0.1, 0.15) is 5.56 Å². The number of aromatic nitrogens is 3. The number of imidazole rings is 1. The van der Waals surface area contributed by atoms with Crippen LogP contribution in [-0.4, -0.2) is 14.6 Å². The maximum Gasteiger partial charge on any atom is 0.213 e. The number of rotatable bonds is 2. The van der Waals surface area contributed by atoms with Crippen molar-refractivity contribution < 1.29 is 0 Å². The molecule has 2 aromatic carbocycles. The number of hydrogen-bond acceptors (Lipinski definition) is 3. The number of hydrogen-bond donors (Lipinski definition) is 0. The predicted octanol–water partition coefficient (Wildman–Crippen LogP) is 5.09. The minimum absolute atomic E-state index is 0.726. The molecule has 108 valence electrons. The molecule has 0 amide bonds. The summed E-state index contributed by atoms with van der Waals surface area (Å²) in [7, 11) is 0. The van der Waals surface area contributed by atoms with E-state index in [2.05, 4.69) is 41.3 Å². The summed E-state index contributed by atoms with van der Waals surface area (Å²) >= 11 is 7.51. The topological polar surface area (TPSA) is 30.2 Å². The van der Waals surface area contributed by atoms with E-state index in [0.29, 0.717) is 0 Å². The van der Waals surface area contributed by atoms with E-state index in [1.54, 1.807) is 11.3 Å². The zero-order chi connectivity index (χ0) is 15.1. The van der Waals surface area contributed by atoms with Crippen molar-refractivity contribution in [1.29, 1.82) is 0 Å². The Labute approximate surface area is 136 Å². The first-order valence-electron chi connectivity index (χ1n) is 6.88. The summed E-state index contributed by atoms with van der Waals surface area (Å²) < 4.78 is 1.84. The number of aryl methyl sites for hydroxylation is 1. The molecule has 3 nitrogen and oxygen atoms in total. The van der Waals surface area contributed by atoms with Gasteiger partial charge in [-0.3, -0.25) is 0 Å². The van der Waals surface area contributed by atoms with E-state index >= 15 is 0 Å². The van der Waals surface area contributed by atoms with Gasteiger partial charge in [-0.1, -0.05) is 64.9 Å². The summed E-state index contributed by atoms with van der Waals surface area (Å²) in [5, 5.41) is 6.33. The molecule has 4 rings (SSSR count). The molecule has 0 aliphatic rings. The highest BCUT2D eigenvalue weighted by molar-refractivity contribution is 7.19. The molecule has 22 heavy (non-hydrogen) atoms. The third kappa shape index (κ3) is 2.40. The van der Waals surface area contributed by atoms with Crippen molar-refractivity contribution in [2.45, 2.75) is 6.92 Å². The Kier molecular flexibility index (Phi) is 3.21. The highest BCUT2D eigenvalue weighted by Gasteiger charge is 2.10. The Morgan fingerprint density at radius 2 is 1.64 bits per heavy atom. The second-order valence-corrected chi connectivity index (χ2v) is 6.53. The van der Waals surface area contributed by atoms with Crippen LogP contribution in [0, 0.1) is 6.92 Å². The fourth-order valence-corrected chi connectivity index (χ4v) is 3.29. The van der Waals surface area contributed by atoms with Crippen LogP contribution < -0.4 is 0 Å². The third-order valence-electron chi connectivity index (χ3n) is 3.48.